The fraction of sp³-hybridized carbons (Fsp3) is 0.833. The van der Waals surface area contributed by atoms with Gasteiger partial charge in [-0.25, -0.2) is 0 Å². The molecule has 5 nitrogen and oxygen atoms in total. The number of guanidine groups is 1. The molecule has 0 atom stereocenters. The van der Waals surface area contributed by atoms with Crippen LogP contribution in [0.3, 0.4) is 0 Å². The number of halogens is 1. The van der Waals surface area contributed by atoms with Gasteiger partial charge in [0.1, 0.15) is 0 Å². The Morgan fingerprint density at radius 2 is 2.06 bits per heavy atom. The van der Waals surface area contributed by atoms with Crippen LogP contribution in [-0.2, 0) is 4.79 Å². The lowest BCUT2D eigenvalue weighted by Gasteiger charge is -2.16. The molecule has 2 aliphatic rings. The maximum Gasteiger partial charge on any atom is 0.220 e. The smallest absolute Gasteiger partial charge is 0.220 e. The summed E-state index contributed by atoms with van der Waals surface area (Å²) in [6.07, 6.45) is 6.05. The van der Waals surface area contributed by atoms with Crippen LogP contribution in [0.1, 0.15) is 38.5 Å². The van der Waals surface area contributed by atoms with E-state index in [1.165, 1.54) is 12.8 Å². The number of carbonyl (C=O) groups is 1. The molecule has 0 heterocycles. The lowest BCUT2D eigenvalue weighted by Crippen LogP contribution is -2.35. The Kier molecular flexibility index (Phi) is 6.17. The summed E-state index contributed by atoms with van der Waals surface area (Å²) in [6.45, 7) is 0.640. The number of amides is 1. The van der Waals surface area contributed by atoms with Crippen molar-refractivity contribution in [2.24, 2.45) is 10.7 Å². The molecule has 0 aromatic carbocycles. The minimum atomic E-state index is 0. The molecule has 0 aliphatic heterocycles. The number of nitrogens with zero attached hydrogens (tertiary/aromatic N) is 2. The zero-order valence-electron chi connectivity index (χ0n) is 10.9. The van der Waals surface area contributed by atoms with Gasteiger partial charge in [-0.2, -0.15) is 0 Å². The first-order valence-electron chi connectivity index (χ1n) is 6.49. The van der Waals surface area contributed by atoms with Gasteiger partial charge in [0.2, 0.25) is 5.91 Å². The summed E-state index contributed by atoms with van der Waals surface area (Å²) in [5, 5.41) is 2.96. The van der Waals surface area contributed by atoms with Crippen molar-refractivity contribution >= 4 is 35.8 Å². The Morgan fingerprint density at radius 3 is 2.61 bits per heavy atom. The molecule has 0 spiro atoms. The van der Waals surface area contributed by atoms with Gasteiger partial charge in [0.05, 0.1) is 0 Å². The highest BCUT2D eigenvalue weighted by Crippen LogP contribution is 2.24. The second kappa shape index (κ2) is 7.16. The first-order chi connectivity index (χ1) is 8.16. The van der Waals surface area contributed by atoms with Crippen LogP contribution in [0.25, 0.3) is 0 Å². The topological polar surface area (TPSA) is 70.7 Å². The van der Waals surface area contributed by atoms with Crippen LogP contribution in [0, 0.1) is 0 Å². The van der Waals surface area contributed by atoms with Gasteiger partial charge in [-0.15, -0.1) is 24.0 Å². The monoisotopic (exact) mass is 366 g/mol. The van der Waals surface area contributed by atoms with Crippen molar-refractivity contribution in [3.8, 4) is 0 Å². The third kappa shape index (κ3) is 5.41. The number of rotatable bonds is 6. The molecule has 0 aromatic heterocycles. The maximum absolute atomic E-state index is 11.4. The van der Waals surface area contributed by atoms with E-state index >= 15 is 0 Å². The number of nitrogens with two attached hydrogens (primary N) is 1. The van der Waals surface area contributed by atoms with Gasteiger partial charge in [-0.3, -0.25) is 9.79 Å². The highest BCUT2D eigenvalue weighted by Gasteiger charge is 2.27. The van der Waals surface area contributed by atoms with Gasteiger partial charge in [-0.1, -0.05) is 0 Å². The average Bonchev–Trinajstić information content (AvgIpc) is 3.14. The van der Waals surface area contributed by atoms with Crippen molar-refractivity contribution in [3.63, 3.8) is 0 Å². The van der Waals surface area contributed by atoms with Crippen molar-refractivity contribution in [1.82, 2.24) is 10.2 Å². The minimum Gasteiger partial charge on any atom is -0.370 e. The third-order valence-corrected chi connectivity index (χ3v) is 3.23. The predicted molar refractivity (Wildman–Crippen MR) is 83.1 cm³/mol. The van der Waals surface area contributed by atoms with E-state index < -0.39 is 0 Å². The van der Waals surface area contributed by atoms with Crippen LogP contribution in [0.2, 0.25) is 0 Å². The molecule has 0 unspecified atom stereocenters. The van der Waals surface area contributed by atoms with E-state index in [-0.39, 0.29) is 29.9 Å². The molecular weight excluding hydrogens is 343 g/mol. The fourth-order valence-electron chi connectivity index (χ4n) is 1.72. The number of aliphatic imine (C=N–C) groups is 1. The standard InChI is InChI=1S/C12H22N4O.HI/c1-16(10-6-7-10)12(13)14-8-2-3-11(17)15-9-4-5-9;/h9-10H,2-8H2,1H3,(H2,13,14)(H,15,17);1H. The Bertz CT molecular complexity index is 313. The van der Waals surface area contributed by atoms with Crippen molar-refractivity contribution < 1.29 is 4.79 Å². The SMILES string of the molecule is CN(C(N)=NCCCC(=O)NC1CC1)C1CC1.I. The molecule has 2 saturated carbocycles. The molecule has 104 valence electrons. The minimum absolute atomic E-state index is 0. The number of nitrogens with one attached hydrogen (secondary N) is 1. The first kappa shape index (κ1) is 15.5. The van der Waals surface area contributed by atoms with E-state index in [0.29, 0.717) is 31.0 Å². The van der Waals surface area contributed by atoms with E-state index in [9.17, 15) is 4.79 Å². The van der Waals surface area contributed by atoms with Crippen molar-refractivity contribution in [1.29, 1.82) is 0 Å². The Hall–Kier alpha value is -0.530. The molecule has 0 bridgehead atoms. The third-order valence-electron chi connectivity index (χ3n) is 3.23. The second-order valence-electron chi connectivity index (χ2n) is 5.03. The van der Waals surface area contributed by atoms with E-state index in [0.717, 1.165) is 19.3 Å². The van der Waals surface area contributed by atoms with Crippen LogP contribution >= 0.6 is 24.0 Å². The second-order valence-corrected chi connectivity index (χ2v) is 5.03. The lowest BCUT2D eigenvalue weighted by molar-refractivity contribution is -0.121. The van der Waals surface area contributed by atoms with Gasteiger partial charge in [0.25, 0.3) is 0 Å². The van der Waals surface area contributed by atoms with Crippen LogP contribution in [0.5, 0.6) is 0 Å². The summed E-state index contributed by atoms with van der Waals surface area (Å²) >= 11 is 0. The maximum atomic E-state index is 11.4. The van der Waals surface area contributed by atoms with Crippen molar-refractivity contribution in [3.05, 3.63) is 0 Å². The fourth-order valence-corrected chi connectivity index (χ4v) is 1.72. The highest BCUT2D eigenvalue weighted by molar-refractivity contribution is 14.0. The van der Waals surface area contributed by atoms with E-state index in [4.69, 9.17) is 5.73 Å². The van der Waals surface area contributed by atoms with Gasteiger partial charge in [0.15, 0.2) is 5.96 Å². The molecular formula is C12H23IN4O. The Balaban J connectivity index is 0.00000162. The average molecular weight is 366 g/mol. The van der Waals surface area contributed by atoms with Gasteiger partial charge < -0.3 is 16.0 Å². The zero-order valence-corrected chi connectivity index (χ0v) is 13.2. The molecule has 2 fully saturated rings. The molecule has 3 N–H and O–H groups in total. The summed E-state index contributed by atoms with van der Waals surface area (Å²) in [7, 11) is 1.98. The predicted octanol–water partition coefficient (Wildman–Crippen LogP) is 1.07. The van der Waals surface area contributed by atoms with Gasteiger partial charge in [0, 0.05) is 32.1 Å². The molecule has 2 rings (SSSR count). The van der Waals surface area contributed by atoms with Gasteiger partial charge in [-0.05, 0) is 32.1 Å². The van der Waals surface area contributed by atoms with Crippen molar-refractivity contribution in [2.45, 2.75) is 50.6 Å². The van der Waals surface area contributed by atoms with Crippen LogP contribution in [-0.4, -0.2) is 42.4 Å². The van der Waals surface area contributed by atoms with E-state index in [1.54, 1.807) is 0 Å². The summed E-state index contributed by atoms with van der Waals surface area (Å²) in [5.74, 6) is 0.756. The normalized spacial score (nSPS) is 19.1. The zero-order chi connectivity index (χ0) is 12.3. The number of hydrogen-bond donors (Lipinski definition) is 2. The van der Waals surface area contributed by atoms with Gasteiger partial charge >= 0.3 is 0 Å². The summed E-state index contributed by atoms with van der Waals surface area (Å²) in [4.78, 5) is 17.7. The Labute approximate surface area is 126 Å². The van der Waals surface area contributed by atoms with Crippen LogP contribution < -0.4 is 11.1 Å². The number of carbonyl (C=O) groups excluding carboxylic acids is 1. The first-order valence-corrected chi connectivity index (χ1v) is 6.49. The quantitative estimate of drug-likeness (QED) is 0.320. The molecule has 18 heavy (non-hydrogen) atoms. The number of hydrogen-bond acceptors (Lipinski definition) is 2. The Morgan fingerprint density at radius 1 is 1.39 bits per heavy atom. The lowest BCUT2D eigenvalue weighted by atomic mass is 10.3. The molecule has 6 heteroatoms. The molecule has 0 radical (unpaired) electrons. The summed E-state index contributed by atoms with van der Waals surface area (Å²) < 4.78 is 0. The molecule has 0 saturated heterocycles. The molecule has 1 amide bonds. The van der Waals surface area contributed by atoms with Crippen LogP contribution in [0.4, 0.5) is 0 Å². The summed E-state index contributed by atoms with van der Waals surface area (Å²) in [6, 6.07) is 1.05. The van der Waals surface area contributed by atoms with E-state index in [1.807, 2.05) is 11.9 Å². The van der Waals surface area contributed by atoms with Crippen LogP contribution in [0.15, 0.2) is 4.99 Å². The molecule has 0 aromatic rings. The van der Waals surface area contributed by atoms with E-state index in [2.05, 4.69) is 10.3 Å². The largest absolute Gasteiger partial charge is 0.370 e. The summed E-state index contributed by atoms with van der Waals surface area (Å²) in [5.41, 5.74) is 5.84. The van der Waals surface area contributed by atoms with Crippen molar-refractivity contribution in [2.75, 3.05) is 13.6 Å². The highest BCUT2D eigenvalue weighted by atomic mass is 127. The molecule has 2 aliphatic carbocycles.